The van der Waals surface area contributed by atoms with E-state index in [1.165, 1.54) is 0 Å². The minimum atomic E-state index is -0.0486. The zero-order valence-electron chi connectivity index (χ0n) is 8.22. The van der Waals surface area contributed by atoms with Crippen LogP contribution >= 0.6 is 0 Å². The number of rotatable bonds is 2. The first-order chi connectivity index (χ1) is 5.84. The Morgan fingerprint density at radius 2 is 2.25 bits per heavy atom. The van der Waals surface area contributed by atoms with Gasteiger partial charge >= 0.3 is 5.97 Å². The molecule has 1 rings (SSSR count). The van der Waals surface area contributed by atoms with Gasteiger partial charge in [-0.2, -0.15) is 0 Å². The molecule has 1 fully saturated rings. The van der Waals surface area contributed by atoms with Gasteiger partial charge in [-0.3, -0.25) is 4.79 Å². The van der Waals surface area contributed by atoms with Crippen molar-refractivity contribution in [3.8, 4) is 0 Å². The highest BCUT2D eigenvalue weighted by molar-refractivity contribution is 5.73. The van der Waals surface area contributed by atoms with Gasteiger partial charge in [-0.15, -0.1) is 0 Å². The van der Waals surface area contributed by atoms with Gasteiger partial charge in [0.15, 0.2) is 0 Å². The molecule has 0 radical (unpaired) electrons. The molecule has 0 amide bonds. The molecule has 1 unspecified atom stereocenters. The number of hydrogen-bond acceptors (Lipinski definition) is 3. The largest absolute Gasteiger partial charge is 0.466 e. The van der Waals surface area contributed by atoms with Gasteiger partial charge in [-0.1, -0.05) is 13.8 Å². The van der Waals surface area contributed by atoms with Crippen LogP contribution in [0.15, 0.2) is 0 Å². The molecule has 1 heterocycles. The van der Waals surface area contributed by atoms with Crippen molar-refractivity contribution in [2.24, 2.45) is 5.92 Å². The molecule has 0 aromatic carbocycles. The van der Waals surface area contributed by atoms with Crippen molar-refractivity contribution < 1.29 is 9.53 Å². The first kappa shape index (κ1) is 11.4. The summed E-state index contributed by atoms with van der Waals surface area (Å²) in [6, 6.07) is 0. The van der Waals surface area contributed by atoms with E-state index in [-0.39, 0.29) is 11.9 Å². The normalized spacial score (nSPS) is 21.1. The van der Waals surface area contributed by atoms with E-state index in [1.54, 1.807) is 0 Å². The fraction of sp³-hybridized carbons (Fsp3) is 0.889. The molecule has 1 atom stereocenters. The molecule has 0 aromatic heterocycles. The summed E-state index contributed by atoms with van der Waals surface area (Å²) in [5, 5.41) is 3.11. The van der Waals surface area contributed by atoms with Crippen LogP contribution < -0.4 is 5.32 Å². The highest BCUT2D eigenvalue weighted by Crippen LogP contribution is 2.08. The van der Waals surface area contributed by atoms with Crippen molar-refractivity contribution in [3.63, 3.8) is 0 Å². The van der Waals surface area contributed by atoms with Crippen LogP contribution in [0.4, 0.5) is 0 Å². The van der Waals surface area contributed by atoms with Crippen LogP contribution in [0.3, 0.4) is 0 Å². The topological polar surface area (TPSA) is 38.3 Å². The second-order valence-electron chi connectivity index (χ2n) is 2.44. The average Bonchev–Trinajstić information content (AvgIpc) is 2.60. The van der Waals surface area contributed by atoms with Gasteiger partial charge in [0.25, 0.3) is 0 Å². The summed E-state index contributed by atoms with van der Waals surface area (Å²) in [6.45, 7) is 8.07. The molecular weight excluding hydrogens is 154 g/mol. The molecule has 3 nitrogen and oxygen atoms in total. The van der Waals surface area contributed by atoms with Crippen molar-refractivity contribution in [2.45, 2.75) is 27.2 Å². The van der Waals surface area contributed by atoms with E-state index in [0.717, 1.165) is 19.5 Å². The van der Waals surface area contributed by atoms with Crippen LogP contribution in [-0.2, 0) is 9.53 Å². The van der Waals surface area contributed by atoms with Crippen molar-refractivity contribution >= 4 is 5.97 Å². The van der Waals surface area contributed by atoms with Gasteiger partial charge in [0.05, 0.1) is 12.5 Å². The van der Waals surface area contributed by atoms with E-state index in [0.29, 0.717) is 6.61 Å². The van der Waals surface area contributed by atoms with Gasteiger partial charge in [-0.05, 0) is 19.9 Å². The van der Waals surface area contributed by atoms with E-state index in [9.17, 15) is 4.79 Å². The number of esters is 1. The summed E-state index contributed by atoms with van der Waals surface area (Å²) in [7, 11) is 0. The summed E-state index contributed by atoms with van der Waals surface area (Å²) >= 11 is 0. The smallest absolute Gasteiger partial charge is 0.310 e. The van der Waals surface area contributed by atoms with Crippen LogP contribution in [0.5, 0.6) is 0 Å². The van der Waals surface area contributed by atoms with E-state index < -0.39 is 0 Å². The molecule has 1 N–H and O–H groups in total. The van der Waals surface area contributed by atoms with E-state index >= 15 is 0 Å². The number of hydrogen-bond donors (Lipinski definition) is 1. The zero-order valence-corrected chi connectivity index (χ0v) is 8.22. The Labute approximate surface area is 74.5 Å². The number of nitrogens with one attached hydrogen (secondary N) is 1. The van der Waals surface area contributed by atoms with E-state index in [2.05, 4.69) is 5.32 Å². The third-order valence-corrected chi connectivity index (χ3v) is 1.68. The monoisotopic (exact) mass is 173 g/mol. The molecule has 0 aliphatic carbocycles. The molecule has 3 heteroatoms. The molecule has 1 saturated heterocycles. The van der Waals surface area contributed by atoms with Gasteiger partial charge < -0.3 is 10.1 Å². The van der Waals surface area contributed by atoms with Crippen LogP contribution in [0.1, 0.15) is 27.2 Å². The maximum atomic E-state index is 11.0. The molecular formula is C9H19NO2. The lowest BCUT2D eigenvalue weighted by Gasteiger charge is -2.05. The molecule has 1 aliphatic heterocycles. The van der Waals surface area contributed by atoms with Crippen molar-refractivity contribution in [1.82, 2.24) is 5.32 Å². The van der Waals surface area contributed by atoms with Gasteiger partial charge in [0.1, 0.15) is 0 Å². The highest BCUT2D eigenvalue weighted by atomic mass is 16.5. The molecule has 72 valence electrons. The van der Waals surface area contributed by atoms with Gasteiger partial charge in [0.2, 0.25) is 0 Å². The Morgan fingerprint density at radius 1 is 1.58 bits per heavy atom. The minimum Gasteiger partial charge on any atom is -0.466 e. The molecule has 0 spiro atoms. The molecule has 0 aromatic rings. The SMILES string of the molecule is CC.CCOC(=O)C1CCNC1. The first-order valence-corrected chi connectivity index (χ1v) is 4.72. The number of ether oxygens (including phenoxy) is 1. The minimum absolute atomic E-state index is 0.0486. The molecule has 0 bridgehead atoms. The third kappa shape index (κ3) is 3.72. The Balaban J connectivity index is 0.000000561. The maximum absolute atomic E-state index is 11.0. The van der Waals surface area contributed by atoms with Crippen molar-refractivity contribution in [1.29, 1.82) is 0 Å². The standard InChI is InChI=1S/C7H13NO2.C2H6/c1-2-10-7(9)6-3-4-8-5-6;1-2/h6,8H,2-5H2,1H3;1-2H3. The number of carbonyl (C=O) groups excluding carboxylic acids is 1. The Bertz CT molecular complexity index is 120. The summed E-state index contributed by atoms with van der Waals surface area (Å²) < 4.78 is 4.85. The van der Waals surface area contributed by atoms with Crippen molar-refractivity contribution in [2.75, 3.05) is 19.7 Å². The summed E-state index contributed by atoms with van der Waals surface area (Å²) in [4.78, 5) is 11.0. The van der Waals surface area contributed by atoms with E-state index in [1.807, 2.05) is 20.8 Å². The highest BCUT2D eigenvalue weighted by Gasteiger charge is 2.22. The fourth-order valence-corrected chi connectivity index (χ4v) is 1.12. The van der Waals surface area contributed by atoms with Gasteiger partial charge in [-0.25, -0.2) is 0 Å². The molecule has 12 heavy (non-hydrogen) atoms. The first-order valence-electron chi connectivity index (χ1n) is 4.72. The quantitative estimate of drug-likeness (QED) is 0.637. The Morgan fingerprint density at radius 3 is 2.67 bits per heavy atom. The average molecular weight is 173 g/mol. The van der Waals surface area contributed by atoms with Crippen LogP contribution in [0, 0.1) is 5.92 Å². The lowest BCUT2D eigenvalue weighted by molar-refractivity contribution is -0.147. The lowest BCUT2D eigenvalue weighted by Crippen LogP contribution is -2.19. The summed E-state index contributed by atoms with van der Waals surface area (Å²) in [5.74, 6) is 0.0625. The zero-order chi connectivity index (χ0) is 9.40. The van der Waals surface area contributed by atoms with Crippen LogP contribution in [0.2, 0.25) is 0 Å². The Kier molecular flexibility index (Phi) is 6.76. The maximum Gasteiger partial charge on any atom is 0.310 e. The molecule has 1 aliphatic rings. The van der Waals surface area contributed by atoms with Crippen molar-refractivity contribution in [3.05, 3.63) is 0 Å². The predicted octanol–water partition coefficient (Wildman–Crippen LogP) is 1.19. The second-order valence-corrected chi connectivity index (χ2v) is 2.44. The summed E-state index contributed by atoms with van der Waals surface area (Å²) in [5.41, 5.74) is 0. The Hall–Kier alpha value is -0.570. The number of carbonyl (C=O) groups is 1. The van der Waals surface area contributed by atoms with Gasteiger partial charge in [0, 0.05) is 6.54 Å². The van der Waals surface area contributed by atoms with E-state index in [4.69, 9.17) is 4.74 Å². The predicted molar refractivity (Wildman–Crippen MR) is 49.0 cm³/mol. The third-order valence-electron chi connectivity index (χ3n) is 1.68. The van der Waals surface area contributed by atoms with Crippen LogP contribution in [0.25, 0.3) is 0 Å². The molecule has 0 saturated carbocycles. The van der Waals surface area contributed by atoms with Crippen LogP contribution in [-0.4, -0.2) is 25.7 Å². The summed E-state index contributed by atoms with van der Waals surface area (Å²) in [6.07, 6.45) is 0.929. The second kappa shape index (κ2) is 7.10. The fourth-order valence-electron chi connectivity index (χ4n) is 1.12. The lowest BCUT2D eigenvalue weighted by atomic mass is 10.1.